The van der Waals surface area contributed by atoms with Crippen molar-refractivity contribution in [3.63, 3.8) is 0 Å². The number of hydrogen-bond donors (Lipinski definition) is 0. The Balaban J connectivity index is 0.00000180. The smallest absolute Gasteiger partial charge is 0.231 e. The monoisotopic (exact) mass is 343 g/mol. The molecule has 0 saturated heterocycles. The number of Topliss-reactive ketones (excluding diaryl/α,β-unsaturated/α-hetero) is 1. The fraction of sp³-hybridized carbons (Fsp3) is 0.231. The van der Waals surface area contributed by atoms with Gasteiger partial charge in [-0.05, 0) is 12.1 Å². The van der Waals surface area contributed by atoms with E-state index in [0.717, 1.165) is 0 Å². The van der Waals surface area contributed by atoms with Crippen LogP contribution in [0.15, 0.2) is 35.3 Å². The highest BCUT2D eigenvalue weighted by Gasteiger charge is 2.17. The van der Waals surface area contributed by atoms with Gasteiger partial charge in [-0.3, -0.25) is 4.79 Å². The van der Waals surface area contributed by atoms with E-state index in [2.05, 4.69) is 0 Å². The third-order valence-electron chi connectivity index (χ3n) is 2.56. The first kappa shape index (κ1) is 15.7. The summed E-state index contributed by atoms with van der Waals surface area (Å²) in [6.45, 7) is 0.312. The van der Waals surface area contributed by atoms with Crippen LogP contribution >= 0.6 is 11.3 Å². The molecule has 0 bridgehead atoms. The second kappa shape index (κ2) is 7.25. The van der Waals surface area contributed by atoms with Gasteiger partial charge in [0.25, 0.3) is 0 Å². The molecule has 0 fully saturated rings. The lowest BCUT2D eigenvalue weighted by molar-refractivity contribution is -0.678. The van der Waals surface area contributed by atoms with Crippen LogP contribution in [0.1, 0.15) is 10.4 Å². The highest BCUT2D eigenvalue weighted by atomic mass is 79.9. The molecule has 0 aliphatic rings. The number of nitrogens with zero attached hydrogens (tertiary/aromatic N) is 1. The first-order valence-corrected chi connectivity index (χ1v) is 6.35. The Labute approximate surface area is 126 Å². The Morgan fingerprint density at radius 2 is 2.11 bits per heavy atom. The largest absolute Gasteiger partial charge is 1.00 e. The molecular weight excluding hydrogens is 330 g/mol. The van der Waals surface area contributed by atoms with Gasteiger partial charge in [0, 0.05) is 6.07 Å². The molecule has 0 N–H and O–H groups in total. The van der Waals surface area contributed by atoms with Crippen LogP contribution in [-0.2, 0) is 6.54 Å². The van der Waals surface area contributed by atoms with E-state index in [1.54, 1.807) is 43.8 Å². The van der Waals surface area contributed by atoms with E-state index >= 15 is 0 Å². The maximum Gasteiger partial charge on any atom is 0.231 e. The van der Waals surface area contributed by atoms with Crippen LogP contribution in [0.4, 0.5) is 0 Å². The van der Waals surface area contributed by atoms with Crippen molar-refractivity contribution in [1.29, 1.82) is 0 Å². The van der Waals surface area contributed by atoms with Gasteiger partial charge in [-0.2, -0.15) is 4.57 Å². The van der Waals surface area contributed by atoms with Crippen LogP contribution in [-0.4, -0.2) is 20.0 Å². The number of ketones is 1. The standard InChI is InChI=1S/C13H14NO3S.BrH/c1-16-10-3-4-11(13(7-10)17-2)12(15)8-14-5-6-18-9-14;/h3-7,9H,8H2,1-2H3;1H/q+1;/p-1. The lowest BCUT2D eigenvalue weighted by atomic mass is 10.1. The fourth-order valence-electron chi connectivity index (χ4n) is 1.63. The van der Waals surface area contributed by atoms with Gasteiger partial charge in [0.05, 0.1) is 25.2 Å². The molecule has 19 heavy (non-hydrogen) atoms. The molecular formula is C13H14BrNO3S. The maximum atomic E-state index is 12.2. The van der Waals surface area contributed by atoms with E-state index in [1.807, 2.05) is 21.7 Å². The van der Waals surface area contributed by atoms with Gasteiger partial charge in [-0.25, -0.2) is 0 Å². The topological polar surface area (TPSA) is 39.4 Å². The molecule has 102 valence electrons. The number of carbonyl (C=O) groups excluding carboxylic acids is 1. The minimum Gasteiger partial charge on any atom is -1.00 e. The van der Waals surface area contributed by atoms with Crippen molar-refractivity contribution in [1.82, 2.24) is 0 Å². The highest BCUT2D eigenvalue weighted by Crippen LogP contribution is 2.24. The predicted molar refractivity (Wildman–Crippen MR) is 68.4 cm³/mol. The van der Waals surface area contributed by atoms with Crippen molar-refractivity contribution < 1.29 is 35.8 Å². The van der Waals surface area contributed by atoms with Crippen molar-refractivity contribution in [2.75, 3.05) is 14.2 Å². The molecule has 6 heteroatoms. The average molecular weight is 344 g/mol. The van der Waals surface area contributed by atoms with Gasteiger partial charge in [0.2, 0.25) is 17.8 Å². The number of methoxy groups -OCH3 is 2. The zero-order valence-corrected chi connectivity index (χ0v) is 13.0. The molecule has 1 aromatic carbocycles. The van der Waals surface area contributed by atoms with Gasteiger partial charge in [-0.15, -0.1) is 0 Å². The van der Waals surface area contributed by atoms with Gasteiger partial charge in [0.15, 0.2) is 6.20 Å². The maximum absolute atomic E-state index is 12.2. The van der Waals surface area contributed by atoms with Crippen molar-refractivity contribution in [3.05, 3.63) is 40.8 Å². The van der Waals surface area contributed by atoms with Crippen LogP contribution in [0.2, 0.25) is 0 Å². The predicted octanol–water partition coefficient (Wildman–Crippen LogP) is -1.06. The van der Waals surface area contributed by atoms with E-state index in [1.165, 1.54) is 0 Å². The van der Waals surface area contributed by atoms with Crippen LogP contribution < -0.4 is 31.0 Å². The Morgan fingerprint density at radius 3 is 2.68 bits per heavy atom. The van der Waals surface area contributed by atoms with Gasteiger partial charge in [0.1, 0.15) is 11.5 Å². The number of carbonyl (C=O) groups is 1. The van der Waals surface area contributed by atoms with E-state index in [-0.39, 0.29) is 22.8 Å². The SMILES string of the molecule is COc1ccc(C(=O)C[n+]2ccsc2)c(OC)c1.[Br-]. The summed E-state index contributed by atoms with van der Waals surface area (Å²) in [6, 6.07) is 5.20. The molecule has 2 rings (SSSR count). The number of aromatic nitrogens is 1. The van der Waals surface area contributed by atoms with Gasteiger partial charge < -0.3 is 26.5 Å². The van der Waals surface area contributed by atoms with Crippen molar-refractivity contribution in [3.8, 4) is 11.5 Å². The van der Waals surface area contributed by atoms with E-state index in [9.17, 15) is 4.79 Å². The van der Waals surface area contributed by atoms with Crippen LogP contribution in [0.25, 0.3) is 0 Å². The first-order valence-electron chi connectivity index (χ1n) is 5.41. The average Bonchev–Trinajstić information content (AvgIpc) is 2.90. The van der Waals surface area contributed by atoms with E-state index in [4.69, 9.17) is 9.47 Å². The Kier molecular flexibility index (Phi) is 5.98. The fourth-order valence-corrected chi connectivity index (χ4v) is 2.23. The molecule has 0 aliphatic carbocycles. The number of halogens is 1. The number of thiazole rings is 1. The van der Waals surface area contributed by atoms with Crippen LogP contribution in [0, 0.1) is 0 Å². The summed E-state index contributed by atoms with van der Waals surface area (Å²) in [5, 5.41) is 1.93. The zero-order valence-electron chi connectivity index (χ0n) is 10.6. The summed E-state index contributed by atoms with van der Waals surface area (Å²) in [6.07, 6.45) is 1.87. The second-order valence-corrected chi connectivity index (χ2v) is 4.44. The molecule has 2 aromatic rings. The summed E-state index contributed by atoms with van der Waals surface area (Å²) in [5.74, 6) is 1.22. The third kappa shape index (κ3) is 3.78. The molecule has 0 unspecified atom stereocenters. The number of ether oxygens (including phenoxy) is 2. The molecule has 1 heterocycles. The molecule has 0 spiro atoms. The first-order chi connectivity index (χ1) is 8.74. The molecule has 0 atom stereocenters. The Hall–Kier alpha value is -1.40. The Morgan fingerprint density at radius 1 is 1.32 bits per heavy atom. The van der Waals surface area contributed by atoms with Gasteiger partial charge >= 0.3 is 0 Å². The van der Waals surface area contributed by atoms with E-state index < -0.39 is 0 Å². The summed E-state index contributed by atoms with van der Waals surface area (Å²) < 4.78 is 12.2. The van der Waals surface area contributed by atoms with Crippen molar-refractivity contribution in [2.45, 2.75) is 6.54 Å². The molecule has 0 radical (unpaired) electrons. The lowest BCUT2D eigenvalue weighted by Gasteiger charge is -2.08. The number of hydrogen-bond acceptors (Lipinski definition) is 4. The molecule has 1 aromatic heterocycles. The normalized spacial score (nSPS) is 9.58. The molecule has 0 amide bonds. The quantitative estimate of drug-likeness (QED) is 0.513. The molecule has 0 aliphatic heterocycles. The van der Waals surface area contributed by atoms with Crippen LogP contribution in [0.5, 0.6) is 11.5 Å². The summed E-state index contributed by atoms with van der Waals surface area (Å²) >= 11 is 1.55. The number of rotatable bonds is 5. The summed E-state index contributed by atoms with van der Waals surface area (Å²) in [5.41, 5.74) is 2.46. The summed E-state index contributed by atoms with van der Waals surface area (Å²) in [7, 11) is 3.13. The van der Waals surface area contributed by atoms with Crippen molar-refractivity contribution in [2.24, 2.45) is 0 Å². The van der Waals surface area contributed by atoms with E-state index in [0.29, 0.717) is 23.6 Å². The molecule has 0 saturated carbocycles. The van der Waals surface area contributed by atoms with Gasteiger partial charge in [-0.1, -0.05) is 11.3 Å². The van der Waals surface area contributed by atoms with Crippen LogP contribution in [0.3, 0.4) is 0 Å². The number of benzene rings is 1. The minimum absolute atomic E-state index is 0. The van der Waals surface area contributed by atoms with Crippen molar-refractivity contribution >= 4 is 17.1 Å². The second-order valence-electron chi connectivity index (χ2n) is 3.69. The molecule has 4 nitrogen and oxygen atoms in total. The zero-order chi connectivity index (χ0) is 13.0. The third-order valence-corrected chi connectivity index (χ3v) is 3.23. The minimum atomic E-state index is 0. The lowest BCUT2D eigenvalue weighted by Crippen LogP contribution is -3.00. The Bertz CT molecular complexity index is 543. The highest BCUT2D eigenvalue weighted by molar-refractivity contribution is 7.07. The summed E-state index contributed by atoms with van der Waals surface area (Å²) in [4.78, 5) is 12.2.